The van der Waals surface area contributed by atoms with Gasteiger partial charge >= 0.3 is 11.9 Å². The minimum atomic E-state index is -0.734. The van der Waals surface area contributed by atoms with Crippen LogP contribution in [0, 0.1) is 23.7 Å². The molecule has 3 aliphatic carbocycles. The zero-order chi connectivity index (χ0) is 22.5. The molecule has 30 heavy (non-hydrogen) atoms. The third-order valence-electron chi connectivity index (χ3n) is 4.21. The number of aliphatic hydroxyl groups excluding tert-OH is 2. The average Bonchev–Trinajstić information content (AvgIpc) is 3.55. The minimum absolute atomic E-state index is 0.0246. The molecule has 8 nitrogen and oxygen atoms in total. The van der Waals surface area contributed by atoms with Crippen molar-refractivity contribution in [2.45, 2.75) is 12.8 Å². The van der Waals surface area contributed by atoms with E-state index in [2.05, 4.69) is 33.8 Å². The standard InChI is InChI=1S/C11H12O4.C6H6O4.C5H6/c1-14-10(12)8-6-3-4-7(5-6)9(8)11(13)15-2;7-3-5(9)1-2-6(10)4-8;1-2-4-5-3-1/h3-4,6-7H,5H2,1-2H3;7-8H,3-4H2;1-4H,5H2. The molecule has 3 aliphatic rings. The lowest BCUT2D eigenvalue weighted by molar-refractivity contribution is -0.139. The molecule has 160 valence electrons. The van der Waals surface area contributed by atoms with Gasteiger partial charge in [0.15, 0.2) is 0 Å². The minimum Gasteiger partial charge on any atom is -0.466 e. The van der Waals surface area contributed by atoms with Crippen molar-refractivity contribution < 1.29 is 38.9 Å². The van der Waals surface area contributed by atoms with Crippen LogP contribution in [0.2, 0.25) is 0 Å². The van der Waals surface area contributed by atoms with Crippen molar-refractivity contribution in [3.05, 3.63) is 47.6 Å². The van der Waals surface area contributed by atoms with Crippen molar-refractivity contribution in [1.29, 1.82) is 0 Å². The molecule has 2 atom stereocenters. The van der Waals surface area contributed by atoms with Crippen molar-refractivity contribution in [3.63, 3.8) is 0 Å². The molecule has 0 radical (unpaired) electrons. The van der Waals surface area contributed by atoms with Crippen molar-refractivity contribution >= 4 is 23.5 Å². The number of carbonyl (C=O) groups is 4. The van der Waals surface area contributed by atoms with Crippen LogP contribution in [0.1, 0.15) is 12.8 Å². The van der Waals surface area contributed by atoms with E-state index in [1.54, 1.807) is 0 Å². The highest BCUT2D eigenvalue weighted by atomic mass is 16.5. The third-order valence-corrected chi connectivity index (χ3v) is 4.21. The Hall–Kier alpha value is -3.28. The van der Waals surface area contributed by atoms with Gasteiger partial charge in [-0.2, -0.15) is 0 Å². The quantitative estimate of drug-likeness (QED) is 0.293. The summed E-state index contributed by atoms with van der Waals surface area (Å²) < 4.78 is 9.35. The number of carbonyl (C=O) groups excluding carboxylic acids is 4. The molecule has 0 aromatic rings. The zero-order valence-corrected chi connectivity index (χ0v) is 16.8. The van der Waals surface area contributed by atoms with Crippen LogP contribution in [0.3, 0.4) is 0 Å². The van der Waals surface area contributed by atoms with Gasteiger partial charge in [0.1, 0.15) is 13.2 Å². The second-order valence-corrected chi connectivity index (χ2v) is 6.15. The Labute approximate surface area is 174 Å². The Morgan fingerprint density at radius 1 is 0.867 bits per heavy atom. The van der Waals surface area contributed by atoms with E-state index in [9.17, 15) is 19.2 Å². The van der Waals surface area contributed by atoms with Crippen LogP contribution in [0.4, 0.5) is 0 Å². The SMILES string of the molecule is C1=CCC=C1.COC(=O)C1=C(C(=O)OC)C2C=CC1C2.O=C(C#CC(=O)CO)CO. The fourth-order valence-electron chi connectivity index (χ4n) is 2.88. The number of hydrogen-bond acceptors (Lipinski definition) is 8. The van der Waals surface area contributed by atoms with E-state index in [4.69, 9.17) is 10.2 Å². The first-order valence-electron chi connectivity index (χ1n) is 9.09. The Kier molecular flexibility index (Phi) is 10.8. The molecule has 2 unspecified atom stereocenters. The molecule has 3 rings (SSSR count). The number of rotatable bonds is 4. The molecule has 8 heteroatoms. The number of methoxy groups -OCH3 is 2. The monoisotopic (exact) mass is 416 g/mol. The Balaban J connectivity index is 0.000000257. The molecule has 0 saturated heterocycles. The highest BCUT2D eigenvalue weighted by Gasteiger charge is 2.42. The smallest absolute Gasteiger partial charge is 0.334 e. The molecular formula is C22H24O8. The van der Waals surface area contributed by atoms with E-state index in [-0.39, 0.29) is 11.8 Å². The second kappa shape index (κ2) is 13.0. The zero-order valence-electron chi connectivity index (χ0n) is 16.8. The maximum atomic E-state index is 11.5. The highest BCUT2D eigenvalue weighted by molar-refractivity contribution is 6.05. The van der Waals surface area contributed by atoms with Crippen molar-refractivity contribution in [3.8, 4) is 11.8 Å². The number of Topliss-reactive ketones (excluding diaryl/α,β-unsaturated/α-hetero) is 2. The molecule has 2 bridgehead atoms. The van der Waals surface area contributed by atoms with Crippen molar-refractivity contribution in [1.82, 2.24) is 0 Å². The number of hydrogen-bond donors (Lipinski definition) is 2. The first-order valence-corrected chi connectivity index (χ1v) is 9.09. The lowest BCUT2D eigenvalue weighted by Gasteiger charge is -2.12. The summed E-state index contributed by atoms with van der Waals surface area (Å²) in [4.78, 5) is 43.4. The molecule has 0 spiro atoms. The van der Waals surface area contributed by atoms with Gasteiger partial charge in [0.25, 0.3) is 0 Å². The van der Waals surface area contributed by atoms with Crippen molar-refractivity contribution in [2.24, 2.45) is 11.8 Å². The lowest BCUT2D eigenvalue weighted by Crippen LogP contribution is -2.17. The van der Waals surface area contributed by atoms with Crippen LogP contribution in [0.15, 0.2) is 47.6 Å². The molecule has 0 aromatic carbocycles. The first kappa shape index (κ1) is 24.8. The topological polar surface area (TPSA) is 127 Å². The van der Waals surface area contributed by atoms with Crippen LogP contribution < -0.4 is 0 Å². The summed E-state index contributed by atoms with van der Waals surface area (Å²) in [5.41, 5.74) is 0.939. The van der Waals surface area contributed by atoms with E-state index < -0.39 is 36.7 Å². The van der Waals surface area contributed by atoms with Crippen LogP contribution in [0.25, 0.3) is 0 Å². The summed E-state index contributed by atoms with van der Waals surface area (Å²) in [7, 11) is 2.64. The van der Waals surface area contributed by atoms with Gasteiger partial charge in [0, 0.05) is 11.8 Å². The number of aliphatic hydroxyl groups is 2. The number of ketones is 2. The van der Waals surface area contributed by atoms with Gasteiger partial charge in [-0.1, -0.05) is 36.5 Å². The summed E-state index contributed by atoms with van der Waals surface area (Å²) in [6.45, 7) is -1.41. The molecule has 0 fully saturated rings. The second-order valence-electron chi connectivity index (χ2n) is 6.15. The molecule has 0 amide bonds. The van der Waals surface area contributed by atoms with Gasteiger partial charge in [-0.3, -0.25) is 9.59 Å². The summed E-state index contributed by atoms with van der Waals surface area (Å²) in [6, 6.07) is 0. The summed E-state index contributed by atoms with van der Waals surface area (Å²) in [5, 5.41) is 16.2. The van der Waals surface area contributed by atoms with Gasteiger partial charge in [-0.05, 0) is 24.7 Å². The van der Waals surface area contributed by atoms with E-state index >= 15 is 0 Å². The van der Waals surface area contributed by atoms with Gasteiger partial charge in [0.2, 0.25) is 11.6 Å². The highest BCUT2D eigenvalue weighted by Crippen LogP contribution is 2.44. The third kappa shape index (κ3) is 7.28. The molecule has 0 aromatic heterocycles. The maximum Gasteiger partial charge on any atom is 0.334 e. The average molecular weight is 416 g/mol. The fraction of sp³-hybridized carbons (Fsp3) is 0.364. The number of esters is 2. The van der Waals surface area contributed by atoms with Gasteiger partial charge in [-0.25, -0.2) is 9.59 Å². The van der Waals surface area contributed by atoms with Crippen LogP contribution in [-0.4, -0.2) is 61.2 Å². The summed E-state index contributed by atoms with van der Waals surface area (Å²) >= 11 is 0. The van der Waals surface area contributed by atoms with E-state index in [1.807, 2.05) is 24.0 Å². The van der Waals surface area contributed by atoms with Gasteiger partial charge in [-0.15, -0.1) is 0 Å². The van der Waals surface area contributed by atoms with Gasteiger partial charge in [0.05, 0.1) is 25.4 Å². The molecule has 0 saturated carbocycles. The molecule has 0 heterocycles. The Morgan fingerprint density at radius 3 is 1.53 bits per heavy atom. The van der Waals surface area contributed by atoms with E-state index in [0.717, 1.165) is 12.8 Å². The number of allylic oxidation sites excluding steroid dienone is 6. The fourth-order valence-corrected chi connectivity index (χ4v) is 2.88. The summed E-state index contributed by atoms with van der Waals surface area (Å²) in [6.07, 6.45) is 14.2. The first-order chi connectivity index (χ1) is 14.4. The maximum absolute atomic E-state index is 11.5. The number of ether oxygens (including phenoxy) is 2. The Bertz CT molecular complexity index is 784. The van der Waals surface area contributed by atoms with Crippen molar-refractivity contribution in [2.75, 3.05) is 27.4 Å². The Morgan fingerprint density at radius 2 is 1.27 bits per heavy atom. The van der Waals surface area contributed by atoms with Crippen LogP contribution >= 0.6 is 0 Å². The van der Waals surface area contributed by atoms with Crippen LogP contribution in [-0.2, 0) is 28.7 Å². The van der Waals surface area contributed by atoms with E-state index in [1.165, 1.54) is 14.2 Å². The van der Waals surface area contributed by atoms with Crippen LogP contribution in [0.5, 0.6) is 0 Å². The lowest BCUT2D eigenvalue weighted by atomic mass is 9.97. The van der Waals surface area contributed by atoms with Gasteiger partial charge < -0.3 is 19.7 Å². The predicted molar refractivity (Wildman–Crippen MR) is 107 cm³/mol. The molecular weight excluding hydrogens is 392 g/mol. The largest absolute Gasteiger partial charge is 0.466 e. The normalized spacial score (nSPS) is 19.1. The molecule has 2 N–H and O–H groups in total. The molecule has 0 aliphatic heterocycles. The summed E-state index contributed by atoms with van der Waals surface area (Å²) in [5.74, 6) is 1.40. The van der Waals surface area contributed by atoms with E-state index in [0.29, 0.717) is 11.1 Å². The predicted octanol–water partition coefficient (Wildman–Crippen LogP) is 0.450. The number of fused-ring (bicyclic) bond motifs is 2.